The zero-order valence-corrected chi connectivity index (χ0v) is 19.0. The molecule has 116 valence electrons. The summed E-state index contributed by atoms with van der Waals surface area (Å²) in [6, 6.07) is 0. The van der Waals surface area contributed by atoms with E-state index in [2.05, 4.69) is 32.5 Å². The molecule has 0 aliphatic rings. The van der Waals surface area contributed by atoms with Crippen LogP contribution >= 0.6 is 8.25 Å². The van der Waals surface area contributed by atoms with E-state index >= 15 is 0 Å². The van der Waals surface area contributed by atoms with Crippen LogP contribution in [0.25, 0.3) is 11.2 Å². The van der Waals surface area contributed by atoms with Gasteiger partial charge in [-0.25, -0.2) is 0 Å². The Morgan fingerprint density at radius 2 is 2.05 bits per heavy atom. The van der Waals surface area contributed by atoms with E-state index in [0.29, 0.717) is 23.4 Å². The van der Waals surface area contributed by atoms with Gasteiger partial charge in [0, 0.05) is 0 Å². The predicted octanol–water partition coefficient (Wildman–Crippen LogP) is 2.91. The summed E-state index contributed by atoms with van der Waals surface area (Å²) in [6.07, 6.45) is 8.84. The monoisotopic (exact) mass is 512 g/mol. The predicted molar refractivity (Wildman–Crippen MR) is 81.0 cm³/mol. The molecular weight excluding hydrogens is 492 g/mol. The van der Waals surface area contributed by atoms with Gasteiger partial charge in [-0.05, 0) is 0 Å². The summed E-state index contributed by atoms with van der Waals surface area (Å²) < 4.78 is 1.67. The Morgan fingerprint density at radius 3 is 2.82 bits per heavy atom. The van der Waals surface area contributed by atoms with E-state index in [1.807, 2.05) is 0 Å². The first-order chi connectivity index (χ1) is 10.8. The first kappa shape index (κ1) is 17.5. The van der Waals surface area contributed by atoms with Gasteiger partial charge in [0.1, 0.15) is 0 Å². The number of unbranched alkanes of at least 4 members (excludes halogenated alkanes) is 5. The molecule has 0 aliphatic carbocycles. The third kappa shape index (κ3) is 4.84. The summed E-state index contributed by atoms with van der Waals surface area (Å²) in [4.78, 5) is 20.2. The Labute approximate surface area is 145 Å². The van der Waals surface area contributed by atoms with Gasteiger partial charge in [0.2, 0.25) is 0 Å². The fourth-order valence-electron chi connectivity index (χ4n) is 2.22. The van der Waals surface area contributed by atoms with E-state index < -0.39 is 23.6 Å². The Bertz CT molecular complexity index is 620. The summed E-state index contributed by atoms with van der Waals surface area (Å²) in [5.41, 5.74) is 1.13. The Hall–Kier alpha value is -0.825. The zero-order chi connectivity index (χ0) is 15.8. The van der Waals surface area contributed by atoms with E-state index in [4.69, 9.17) is 8.25 Å². The topological polar surface area (TPSA) is 85.6 Å². The van der Waals surface area contributed by atoms with Gasteiger partial charge in [0.25, 0.3) is 0 Å². The van der Waals surface area contributed by atoms with Crippen LogP contribution in [0.5, 0.6) is 0 Å². The van der Waals surface area contributed by atoms with Gasteiger partial charge in [-0.15, -0.1) is 0 Å². The van der Waals surface area contributed by atoms with Crippen molar-refractivity contribution < 1.29 is 28.4 Å². The average molecular weight is 511 g/mol. The third-order valence-corrected chi connectivity index (χ3v) is 7.95. The Morgan fingerprint density at radius 1 is 1.27 bits per heavy atom. The third-order valence-electron chi connectivity index (χ3n) is 3.43. The minimum absolute atomic E-state index is 0.0412. The molecule has 0 saturated heterocycles. The number of fused-ring (bicyclic) bond motifs is 1. The molecule has 2 aromatic rings. The second-order valence-electron chi connectivity index (χ2n) is 5.17. The molecular formula is C13H19ClHgN6O. The molecule has 7 nitrogen and oxygen atoms in total. The number of rotatable bonds is 9. The number of halogens is 1. The summed E-state index contributed by atoms with van der Waals surface area (Å²) in [6.45, 7) is 2.19. The SMILES string of the molecule is CCCCCCCCC(=O)Nc1ncnc2c1nn[n]2[Hg][Cl]. The molecule has 0 radical (unpaired) electrons. The number of hydrogen-bond acceptors (Lipinski definition) is 5. The van der Waals surface area contributed by atoms with Gasteiger partial charge in [-0.2, -0.15) is 0 Å². The number of hydrogen-bond donors (Lipinski definition) is 1. The van der Waals surface area contributed by atoms with Crippen LogP contribution in [0.15, 0.2) is 6.33 Å². The van der Waals surface area contributed by atoms with Gasteiger partial charge >= 0.3 is 132 Å². The van der Waals surface area contributed by atoms with Crippen molar-refractivity contribution in [2.45, 2.75) is 51.9 Å². The second-order valence-corrected chi connectivity index (χ2v) is 10.5. The van der Waals surface area contributed by atoms with Gasteiger partial charge < -0.3 is 0 Å². The van der Waals surface area contributed by atoms with Crippen LogP contribution in [0.1, 0.15) is 51.9 Å². The van der Waals surface area contributed by atoms with Gasteiger partial charge in [-0.1, -0.05) is 13.3 Å². The van der Waals surface area contributed by atoms with Crippen molar-refractivity contribution in [3.8, 4) is 0 Å². The molecule has 0 atom stereocenters. The van der Waals surface area contributed by atoms with Crippen LogP contribution < -0.4 is 5.32 Å². The molecule has 0 fully saturated rings. The first-order valence-electron chi connectivity index (χ1n) is 7.66. The van der Waals surface area contributed by atoms with E-state index in [1.54, 1.807) is 2.45 Å². The van der Waals surface area contributed by atoms with Gasteiger partial charge in [-0.3, -0.25) is 0 Å². The fourth-order valence-corrected chi connectivity index (χ4v) is 5.41. The number of nitrogens with one attached hydrogen (secondary N) is 1. The molecule has 9 heteroatoms. The summed E-state index contributed by atoms with van der Waals surface area (Å²) in [5, 5.41) is 10.8. The maximum absolute atomic E-state index is 12.0. The van der Waals surface area contributed by atoms with E-state index in [-0.39, 0.29) is 5.91 Å². The van der Waals surface area contributed by atoms with Crippen LogP contribution in [-0.2, 0) is 28.4 Å². The molecule has 0 aromatic carbocycles. The van der Waals surface area contributed by atoms with Gasteiger partial charge in [0.15, 0.2) is 0 Å². The number of aromatic nitrogens is 5. The van der Waals surface area contributed by atoms with E-state index in [9.17, 15) is 4.79 Å². The summed E-state index contributed by atoms with van der Waals surface area (Å²) in [7, 11) is 5.96. The molecule has 1 amide bonds. The van der Waals surface area contributed by atoms with Gasteiger partial charge in [0.05, 0.1) is 0 Å². The molecule has 0 aliphatic heterocycles. The number of amides is 1. The van der Waals surface area contributed by atoms with Crippen molar-refractivity contribution in [3.05, 3.63) is 6.33 Å². The number of nitrogens with zero attached hydrogens (tertiary/aromatic N) is 5. The fraction of sp³-hybridized carbons (Fsp3) is 0.615. The normalized spacial score (nSPS) is 10.6. The standard InChI is InChI=1S/C13H20N6O.ClH.Hg/c1-2-3-4-5-6-7-8-10(20)16-12-11-13(15-9-14-12)18-19-17-11;;/h9H,2-8H2,1H3,(H2,14,15,16,17,18,19,20);1H;/q;;+2/p-2. The number of carbonyl (C=O) groups is 1. The molecule has 0 saturated carbocycles. The van der Waals surface area contributed by atoms with Crippen molar-refractivity contribution in [1.29, 1.82) is 0 Å². The van der Waals surface area contributed by atoms with E-state index in [0.717, 1.165) is 12.8 Å². The molecule has 0 unspecified atom stereocenters. The first-order valence-corrected chi connectivity index (χ1v) is 16.9. The maximum atomic E-state index is 12.0. The molecule has 0 spiro atoms. The number of carbonyl (C=O) groups excluding carboxylic acids is 1. The number of anilines is 1. The molecule has 1 N–H and O–H groups in total. The average Bonchev–Trinajstić information content (AvgIpc) is 2.95. The summed E-state index contributed by atoms with van der Waals surface area (Å²) in [5.74, 6) is 0.381. The Balaban J connectivity index is 1.85. The van der Waals surface area contributed by atoms with Crippen molar-refractivity contribution in [1.82, 2.24) is 22.7 Å². The van der Waals surface area contributed by atoms with Crippen LogP contribution in [0.4, 0.5) is 5.82 Å². The summed E-state index contributed by atoms with van der Waals surface area (Å²) >= 11 is -1.76. The zero-order valence-electron chi connectivity index (χ0n) is 12.8. The van der Waals surface area contributed by atoms with Crippen LogP contribution in [0.2, 0.25) is 0 Å². The minimum atomic E-state index is -1.76. The van der Waals surface area contributed by atoms with E-state index in [1.165, 1.54) is 32.0 Å². The quantitative estimate of drug-likeness (QED) is 0.414. The molecule has 2 rings (SSSR count). The molecule has 2 aromatic heterocycles. The molecule has 2 heterocycles. The molecule has 0 bridgehead atoms. The van der Waals surface area contributed by atoms with Crippen molar-refractivity contribution in [2.24, 2.45) is 0 Å². The Kier molecular flexibility index (Phi) is 7.44. The van der Waals surface area contributed by atoms with Crippen molar-refractivity contribution >= 4 is 31.1 Å². The van der Waals surface area contributed by atoms with Crippen LogP contribution in [-0.4, -0.2) is 28.6 Å². The van der Waals surface area contributed by atoms with Crippen molar-refractivity contribution in [3.63, 3.8) is 0 Å². The van der Waals surface area contributed by atoms with Crippen LogP contribution in [0, 0.1) is 0 Å². The van der Waals surface area contributed by atoms with Crippen LogP contribution in [0.3, 0.4) is 0 Å². The second kappa shape index (κ2) is 9.34. The molecule has 22 heavy (non-hydrogen) atoms. The van der Waals surface area contributed by atoms with Crippen molar-refractivity contribution in [2.75, 3.05) is 5.32 Å².